The van der Waals surface area contributed by atoms with Gasteiger partial charge in [0.1, 0.15) is 0 Å². The first kappa shape index (κ1) is 13.6. The minimum absolute atomic E-state index is 1.06. The summed E-state index contributed by atoms with van der Waals surface area (Å²) in [4.78, 5) is 0. The number of nitrogens with zero attached hydrogens (tertiary/aromatic N) is 2. The molecule has 4 heteroatoms. The predicted molar refractivity (Wildman–Crippen MR) is 72.0 cm³/mol. The first-order valence-electron chi connectivity index (χ1n) is 6.00. The van der Waals surface area contributed by atoms with E-state index in [4.69, 9.17) is 0 Å². The Balaban J connectivity index is 1.88. The van der Waals surface area contributed by atoms with Crippen molar-refractivity contribution in [1.82, 2.24) is 15.1 Å². The zero-order valence-electron chi connectivity index (χ0n) is 10.4. The van der Waals surface area contributed by atoms with Gasteiger partial charge >= 0.3 is 0 Å². The number of aryl methyl sites for hydroxylation is 1. The van der Waals surface area contributed by atoms with Crippen molar-refractivity contribution < 1.29 is 0 Å². The van der Waals surface area contributed by atoms with Crippen molar-refractivity contribution in [2.75, 3.05) is 25.1 Å². The van der Waals surface area contributed by atoms with Crippen LogP contribution in [0, 0.1) is 0 Å². The molecule has 0 spiro atoms. The maximum Gasteiger partial charge on any atom is 0.0522 e. The maximum absolute atomic E-state index is 4.15. The molecule has 0 aliphatic heterocycles. The molecule has 3 nitrogen and oxygen atoms in total. The van der Waals surface area contributed by atoms with Crippen LogP contribution in [0.5, 0.6) is 0 Å². The molecule has 0 amide bonds. The molecule has 0 unspecified atom stereocenters. The third kappa shape index (κ3) is 6.18. The number of hydrogen-bond donors (Lipinski definition) is 1. The first-order valence-corrected chi connectivity index (χ1v) is 7.39. The van der Waals surface area contributed by atoms with Gasteiger partial charge in [-0.05, 0) is 49.9 Å². The molecule has 92 valence electrons. The zero-order chi connectivity index (χ0) is 11.6. The molecule has 0 aromatic carbocycles. The maximum atomic E-state index is 4.15. The van der Waals surface area contributed by atoms with Crippen LogP contribution < -0.4 is 5.32 Å². The Hall–Kier alpha value is -0.480. The molecule has 0 aliphatic carbocycles. The van der Waals surface area contributed by atoms with Gasteiger partial charge in [-0.1, -0.05) is 6.42 Å². The average molecular weight is 241 g/mol. The van der Waals surface area contributed by atoms with Crippen molar-refractivity contribution >= 4 is 11.8 Å². The molecule has 0 aliphatic rings. The quantitative estimate of drug-likeness (QED) is 0.671. The van der Waals surface area contributed by atoms with Crippen LogP contribution in [0.25, 0.3) is 0 Å². The highest BCUT2D eigenvalue weighted by molar-refractivity contribution is 7.98. The molecule has 0 fully saturated rings. The van der Waals surface area contributed by atoms with Gasteiger partial charge in [0, 0.05) is 13.2 Å². The molecule has 16 heavy (non-hydrogen) atoms. The highest BCUT2D eigenvalue weighted by atomic mass is 32.2. The summed E-state index contributed by atoms with van der Waals surface area (Å²) in [5.41, 5.74) is 1.32. The Morgan fingerprint density at radius 1 is 1.31 bits per heavy atom. The van der Waals surface area contributed by atoms with Gasteiger partial charge in [-0.3, -0.25) is 4.68 Å². The van der Waals surface area contributed by atoms with Gasteiger partial charge in [-0.2, -0.15) is 16.9 Å². The fourth-order valence-corrected chi connectivity index (χ4v) is 2.12. The summed E-state index contributed by atoms with van der Waals surface area (Å²) in [6, 6.07) is 0. The molecular formula is C12H23N3S. The van der Waals surface area contributed by atoms with Gasteiger partial charge in [-0.15, -0.1) is 0 Å². The van der Waals surface area contributed by atoms with E-state index in [-0.39, 0.29) is 0 Å². The van der Waals surface area contributed by atoms with Gasteiger partial charge in [0.2, 0.25) is 0 Å². The Morgan fingerprint density at radius 3 is 2.88 bits per heavy atom. The van der Waals surface area contributed by atoms with E-state index in [2.05, 4.69) is 22.9 Å². The molecule has 1 aromatic rings. The molecule has 1 rings (SSSR count). The topological polar surface area (TPSA) is 29.9 Å². The lowest BCUT2D eigenvalue weighted by Crippen LogP contribution is -2.18. The minimum atomic E-state index is 1.06. The SMILES string of the molecule is CSCCCCCNCCc1cnn(C)c1. The lowest BCUT2D eigenvalue weighted by molar-refractivity contribution is 0.618. The second-order valence-corrected chi connectivity index (χ2v) is 5.06. The molecule has 1 N–H and O–H groups in total. The number of thioether (sulfide) groups is 1. The molecule has 0 saturated carbocycles. The fraction of sp³-hybridized carbons (Fsp3) is 0.750. The van der Waals surface area contributed by atoms with Crippen molar-refractivity contribution in [3.05, 3.63) is 18.0 Å². The van der Waals surface area contributed by atoms with E-state index < -0.39 is 0 Å². The van der Waals surface area contributed by atoms with Crippen molar-refractivity contribution in [3.63, 3.8) is 0 Å². The molecule has 0 atom stereocenters. The van der Waals surface area contributed by atoms with Crippen LogP contribution in [-0.2, 0) is 13.5 Å². The van der Waals surface area contributed by atoms with Gasteiger partial charge in [0.15, 0.2) is 0 Å². The summed E-state index contributed by atoms with van der Waals surface area (Å²) in [5, 5.41) is 7.63. The fourth-order valence-electron chi connectivity index (χ4n) is 1.63. The van der Waals surface area contributed by atoms with Crippen molar-refractivity contribution in [2.45, 2.75) is 25.7 Å². The van der Waals surface area contributed by atoms with Gasteiger partial charge in [0.05, 0.1) is 6.20 Å². The van der Waals surface area contributed by atoms with E-state index in [1.54, 1.807) is 0 Å². The highest BCUT2D eigenvalue weighted by Crippen LogP contribution is 2.01. The van der Waals surface area contributed by atoms with Crippen LogP contribution in [0.15, 0.2) is 12.4 Å². The Morgan fingerprint density at radius 2 is 2.19 bits per heavy atom. The monoisotopic (exact) mass is 241 g/mol. The Kier molecular flexibility index (Phi) is 7.34. The van der Waals surface area contributed by atoms with Crippen molar-refractivity contribution in [1.29, 1.82) is 0 Å². The average Bonchev–Trinajstić information content (AvgIpc) is 2.68. The van der Waals surface area contributed by atoms with Crippen molar-refractivity contribution in [2.24, 2.45) is 7.05 Å². The molecule has 1 aromatic heterocycles. The number of hydrogen-bond acceptors (Lipinski definition) is 3. The van der Waals surface area contributed by atoms with E-state index in [9.17, 15) is 0 Å². The van der Waals surface area contributed by atoms with Gasteiger partial charge < -0.3 is 5.32 Å². The first-order chi connectivity index (χ1) is 7.83. The second kappa shape index (κ2) is 8.65. The smallest absolute Gasteiger partial charge is 0.0522 e. The molecule has 1 heterocycles. The summed E-state index contributed by atoms with van der Waals surface area (Å²) < 4.78 is 1.86. The third-order valence-corrected chi connectivity index (χ3v) is 3.25. The molecule has 0 saturated heterocycles. The predicted octanol–water partition coefficient (Wildman–Crippen LogP) is 2.09. The van der Waals surface area contributed by atoms with E-state index in [0.717, 1.165) is 19.5 Å². The number of nitrogens with one attached hydrogen (secondary N) is 1. The van der Waals surface area contributed by atoms with Crippen LogP contribution in [0.3, 0.4) is 0 Å². The number of rotatable bonds is 9. The summed E-state index contributed by atoms with van der Waals surface area (Å²) in [6.07, 6.45) is 11.3. The Labute approximate surface area is 103 Å². The van der Waals surface area contributed by atoms with E-state index >= 15 is 0 Å². The molecular weight excluding hydrogens is 218 g/mol. The van der Waals surface area contributed by atoms with Crippen molar-refractivity contribution in [3.8, 4) is 0 Å². The summed E-state index contributed by atoms with van der Waals surface area (Å²) in [7, 11) is 1.96. The second-order valence-electron chi connectivity index (χ2n) is 4.08. The standard InChI is InChI=1S/C12H23N3S/c1-15-11-12(10-14-15)6-8-13-7-4-3-5-9-16-2/h10-11,13H,3-9H2,1-2H3. The Bertz CT molecular complexity index is 273. The van der Waals surface area contributed by atoms with Crippen LogP contribution in [-0.4, -0.2) is 34.9 Å². The van der Waals surface area contributed by atoms with E-state index in [1.807, 2.05) is 29.7 Å². The lowest BCUT2D eigenvalue weighted by Gasteiger charge is -2.03. The van der Waals surface area contributed by atoms with Crippen LogP contribution in [0.2, 0.25) is 0 Å². The van der Waals surface area contributed by atoms with E-state index in [1.165, 1.54) is 30.6 Å². The third-order valence-electron chi connectivity index (χ3n) is 2.55. The summed E-state index contributed by atoms with van der Waals surface area (Å²) in [5.74, 6) is 1.30. The highest BCUT2D eigenvalue weighted by Gasteiger charge is 1.95. The van der Waals surface area contributed by atoms with Crippen LogP contribution in [0.1, 0.15) is 24.8 Å². The van der Waals surface area contributed by atoms with Gasteiger partial charge in [-0.25, -0.2) is 0 Å². The normalized spacial score (nSPS) is 10.9. The van der Waals surface area contributed by atoms with Crippen LogP contribution in [0.4, 0.5) is 0 Å². The van der Waals surface area contributed by atoms with Gasteiger partial charge in [0.25, 0.3) is 0 Å². The largest absolute Gasteiger partial charge is 0.316 e. The number of unbranched alkanes of at least 4 members (excludes halogenated alkanes) is 2. The number of aromatic nitrogens is 2. The summed E-state index contributed by atoms with van der Waals surface area (Å²) in [6.45, 7) is 2.21. The van der Waals surface area contributed by atoms with Crippen LogP contribution >= 0.6 is 11.8 Å². The summed E-state index contributed by atoms with van der Waals surface area (Å²) >= 11 is 1.94. The zero-order valence-corrected chi connectivity index (χ0v) is 11.2. The molecule has 0 radical (unpaired) electrons. The lowest BCUT2D eigenvalue weighted by atomic mass is 10.2. The van der Waals surface area contributed by atoms with E-state index in [0.29, 0.717) is 0 Å². The minimum Gasteiger partial charge on any atom is -0.316 e. The molecule has 0 bridgehead atoms.